The molecule has 3 aromatic rings. The molecule has 176 valence electrons. The average Bonchev–Trinajstić information content (AvgIpc) is 3.38. The smallest absolute Gasteiger partial charge is 0.272 e. The largest absolute Gasteiger partial charge is 0.490 e. The predicted molar refractivity (Wildman–Crippen MR) is 129 cm³/mol. The molecule has 35 heavy (non-hydrogen) atoms. The number of furan rings is 1. The molecule has 0 bridgehead atoms. The third-order valence-electron chi connectivity index (χ3n) is 5.54. The van der Waals surface area contributed by atoms with Gasteiger partial charge in [-0.25, -0.2) is 0 Å². The summed E-state index contributed by atoms with van der Waals surface area (Å²) in [6.07, 6.45) is 3.12. The zero-order valence-corrected chi connectivity index (χ0v) is 19.5. The highest BCUT2D eigenvalue weighted by Crippen LogP contribution is 2.33. The lowest BCUT2D eigenvalue weighted by atomic mass is 9.93. The second-order valence-corrected chi connectivity index (χ2v) is 7.86. The van der Waals surface area contributed by atoms with Crippen LogP contribution in [0.4, 0.5) is 0 Å². The Labute approximate surface area is 203 Å². The standard InChI is InChI=1S/C28H24N2O5/c1-3-33-26-15-21(11-12-25(26)35-18-20-8-5-4-6-9-20)14-23-19(2)24(16-29)28(32)30(27(23)31)17-22-10-7-13-34-22/h4-15H,3,17-18H2,1-2H3/b23-14+. The number of hydrogen-bond donors (Lipinski definition) is 0. The quantitative estimate of drug-likeness (QED) is 0.339. The Morgan fingerprint density at radius 1 is 1.00 bits per heavy atom. The molecule has 0 atom stereocenters. The van der Waals surface area contributed by atoms with Crippen molar-refractivity contribution in [2.24, 2.45) is 0 Å². The van der Waals surface area contributed by atoms with Crippen LogP contribution in [0.5, 0.6) is 11.5 Å². The lowest BCUT2D eigenvalue weighted by Gasteiger charge is -2.26. The Hall–Kier alpha value is -4.57. The summed E-state index contributed by atoms with van der Waals surface area (Å²) in [5, 5.41) is 9.60. The van der Waals surface area contributed by atoms with E-state index in [2.05, 4.69) is 0 Å². The Kier molecular flexibility index (Phi) is 7.12. The third-order valence-corrected chi connectivity index (χ3v) is 5.54. The molecule has 1 aliphatic rings. The summed E-state index contributed by atoms with van der Waals surface area (Å²) in [6, 6.07) is 20.4. The molecular formula is C28H24N2O5. The first kappa shape index (κ1) is 23.6. The first-order valence-corrected chi connectivity index (χ1v) is 11.2. The van der Waals surface area contributed by atoms with Gasteiger partial charge in [-0.2, -0.15) is 5.26 Å². The van der Waals surface area contributed by atoms with Crippen LogP contribution < -0.4 is 9.47 Å². The van der Waals surface area contributed by atoms with Crippen molar-refractivity contribution in [3.63, 3.8) is 0 Å². The Morgan fingerprint density at radius 3 is 2.49 bits per heavy atom. The first-order valence-electron chi connectivity index (χ1n) is 11.2. The summed E-state index contributed by atoms with van der Waals surface area (Å²) < 4.78 is 17.0. The van der Waals surface area contributed by atoms with Crippen LogP contribution >= 0.6 is 0 Å². The first-order chi connectivity index (χ1) is 17.0. The van der Waals surface area contributed by atoms with Crippen molar-refractivity contribution in [2.45, 2.75) is 27.0 Å². The van der Waals surface area contributed by atoms with Crippen LogP contribution in [0.25, 0.3) is 6.08 Å². The maximum Gasteiger partial charge on any atom is 0.272 e. The van der Waals surface area contributed by atoms with Gasteiger partial charge in [0.1, 0.15) is 24.0 Å². The molecule has 1 aromatic heterocycles. The lowest BCUT2D eigenvalue weighted by molar-refractivity contribution is -0.141. The van der Waals surface area contributed by atoms with Crippen LogP contribution in [0, 0.1) is 11.3 Å². The summed E-state index contributed by atoms with van der Waals surface area (Å²) in [6.45, 7) is 4.24. The topological polar surface area (TPSA) is 92.8 Å². The van der Waals surface area contributed by atoms with E-state index in [1.807, 2.05) is 43.3 Å². The van der Waals surface area contributed by atoms with Crippen LogP contribution in [0.3, 0.4) is 0 Å². The zero-order chi connectivity index (χ0) is 24.8. The van der Waals surface area contributed by atoms with E-state index in [1.54, 1.807) is 43.3 Å². The summed E-state index contributed by atoms with van der Waals surface area (Å²) >= 11 is 0. The van der Waals surface area contributed by atoms with E-state index in [9.17, 15) is 14.9 Å². The highest BCUT2D eigenvalue weighted by molar-refractivity contribution is 6.19. The second kappa shape index (κ2) is 10.6. The minimum atomic E-state index is -0.636. The van der Waals surface area contributed by atoms with Gasteiger partial charge in [0.05, 0.1) is 19.4 Å². The number of hydrogen-bond acceptors (Lipinski definition) is 6. The molecule has 2 amide bonds. The van der Waals surface area contributed by atoms with Gasteiger partial charge in [0, 0.05) is 5.57 Å². The number of carbonyl (C=O) groups excluding carboxylic acids is 2. The Morgan fingerprint density at radius 2 is 1.80 bits per heavy atom. The van der Waals surface area contributed by atoms with Gasteiger partial charge in [0.2, 0.25) is 0 Å². The summed E-state index contributed by atoms with van der Waals surface area (Å²) in [4.78, 5) is 27.1. The molecule has 2 heterocycles. The van der Waals surface area contributed by atoms with E-state index in [1.165, 1.54) is 6.26 Å². The van der Waals surface area contributed by atoms with Crippen LogP contribution in [0.1, 0.15) is 30.7 Å². The number of imide groups is 1. The van der Waals surface area contributed by atoms with Gasteiger partial charge in [-0.05, 0) is 60.9 Å². The van der Waals surface area contributed by atoms with Crippen molar-refractivity contribution < 1.29 is 23.5 Å². The van der Waals surface area contributed by atoms with Crippen LogP contribution in [0.2, 0.25) is 0 Å². The highest BCUT2D eigenvalue weighted by Gasteiger charge is 2.36. The molecule has 4 rings (SSSR count). The number of benzene rings is 2. The van der Waals surface area contributed by atoms with Crippen molar-refractivity contribution in [3.05, 3.63) is 101 Å². The van der Waals surface area contributed by atoms with Crippen LogP contribution in [-0.4, -0.2) is 23.3 Å². The number of nitrogens with zero attached hydrogens (tertiary/aromatic N) is 2. The number of nitriles is 1. The summed E-state index contributed by atoms with van der Waals surface area (Å²) in [7, 11) is 0. The van der Waals surface area contributed by atoms with Gasteiger partial charge >= 0.3 is 0 Å². The summed E-state index contributed by atoms with van der Waals surface area (Å²) in [5.41, 5.74) is 2.22. The van der Waals surface area contributed by atoms with Crippen molar-refractivity contribution >= 4 is 17.9 Å². The average molecular weight is 469 g/mol. The molecule has 7 nitrogen and oxygen atoms in total. The molecule has 0 spiro atoms. The lowest BCUT2D eigenvalue weighted by Crippen LogP contribution is -2.42. The van der Waals surface area contributed by atoms with Crippen molar-refractivity contribution in [2.75, 3.05) is 6.61 Å². The zero-order valence-electron chi connectivity index (χ0n) is 19.5. The van der Waals surface area contributed by atoms with E-state index in [-0.39, 0.29) is 17.7 Å². The molecule has 0 fully saturated rings. The van der Waals surface area contributed by atoms with E-state index in [0.717, 1.165) is 10.5 Å². The third kappa shape index (κ3) is 5.17. The maximum absolute atomic E-state index is 13.3. The Balaban J connectivity index is 1.66. The molecule has 0 aliphatic carbocycles. The SMILES string of the molecule is CCOc1cc(/C=C2/C(=O)N(Cc3ccco3)C(=O)C(C#N)=C2C)ccc1OCc1ccccc1. The molecule has 7 heteroatoms. The molecule has 0 saturated heterocycles. The van der Waals surface area contributed by atoms with Crippen LogP contribution in [0.15, 0.2) is 88.1 Å². The molecule has 0 unspecified atom stereocenters. The van der Waals surface area contributed by atoms with Gasteiger partial charge in [-0.1, -0.05) is 36.4 Å². The summed E-state index contributed by atoms with van der Waals surface area (Å²) in [5.74, 6) is 0.425. The van der Waals surface area contributed by atoms with Gasteiger partial charge < -0.3 is 13.9 Å². The second-order valence-electron chi connectivity index (χ2n) is 7.86. The molecule has 0 saturated carbocycles. The fraction of sp³-hybridized carbons (Fsp3) is 0.179. The number of ether oxygens (including phenoxy) is 2. The molecular weight excluding hydrogens is 444 g/mol. The van der Waals surface area contributed by atoms with Gasteiger partial charge in [-0.3, -0.25) is 14.5 Å². The predicted octanol–water partition coefficient (Wildman–Crippen LogP) is 5.05. The van der Waals surface area contributed by atoms with E-state index >= 15 is 0 Å². The van der Waals surface area contributed by atoms with Crippen LogP contribution in [-0.2, 0) is 22.7 Å². The van der Waals surface area contributed by atoms with E-state index in [4.69, 9.17) is 13.9 Å². The highest BCUT2D eigenvalue weighted by atomic mass is 16.5. The van der Waals surface area contributed by atoms with E-state index in [0.29, 0.717) is 41.6 Å². The molecule has 0 radical (unpaired) electrons. The minimum absolute atomic E-state index is 0.0586. The molecule has 1 aliphatic heterocycles. The molecule has 2 aromatic carbocycles. The van der Waals surface area contributed by atoms with Crippen molar-refractivity contribution in [1.82, 2.24) is 4.90 Å². The van der Waals surface area contributed by atoms with Crippen molar-refractivity contribution in [3.8, 4) is 17.6 Å². The van der Waals surface area contributed by atoms with E-state index < -0.39 is 11.8 Å². The maximum atomic E-state index is 13.3. The monoisotopic (exact) mass is 468 g/mol. The number of rotatable bonds is 8. The number of carbonyl (C=O) groups is 2. The fourth-order valence-corrected chi connectivity index (χ4v) is 3.74. The van der Waals surface area contributed by atoms with Gasteiger partial charge in [0.15, 0.2) is 11.5 Å². The minimum Gasteiger partial charge on any atom is -0.490 e. The Bertz CT molecular complexity index is 1330. The normalized spacial score (nSPS) is 14.9. The number of amides is 2. The van der Waals surface area contributed by atoms with Crippen molar-refractivity contribution in [1.29, 1.82) is 5.26 Å². The van der Waals surface area contributed by atoms with Gasteiger partial charge in [-0.15, -0.1) is 0 Å². The van der Waals surface area contributed by atoms with Gasteiger partial charge in [0.25, 0.3) is 11.8 Å². The molecule has 0 N–H and O–H groups in total. The fourth-order valence-electron chi connectivity index (χ4n) is 3.74.